The molecule has 1 aromatic heterocycles. The van der Waals surface area contributed by atoms with E-state index < -0.39 is 0 Å². The Balaban J connectivity index is 2.22. The molecular formula is C11H15N3O. The lowest BCUT2D eigenvalue weighted by molar-refractivity contribution is -0.132. The second-order valence-corrected chi connectivity index (χ2v) is 3.85. The molecule has 80 valence electrons. The number of amides is 1. The van der Waals surface area contributed by atoms with Crippen molar-refractivity contribution < 1.29 is 4.79 Å². The largest absolute Gasteiger partial charge is 0.334 e. The third kappa shape index (κ3) is 2.14. The van der Waals surface area contributed by atoms with Gasteiger partial charge in [-0.15, -0.1) is 0 Å². The van der Waals surface area contributed by atoms with Crippen LogP contribution in [0.15, 0.2) is 18.6 Å². The molecule has 2 rings (SSSR count). The van der Waals surface area contributed by atoms with Gasteiger partial charge in [-0.05, 0) is 19.3 Å². The third-order valence-electron chi connectivity index (χ3n) is 2.83. The molecule has 0 bridgehead atoms. The second-order valence-electron chi connectivity index (χ2n) is 3.85. The van der Waals surface area contributed by atoms with Crippen molar-refractivity contribution >= 4 is 5.91 Å². The first-order valence-electron chi connectivity index (χ1n) is 5.32. The van der Waals surface area contributed by atoms with Crippen molar-refractivity contribution in [1.29, 1.82) is 0 Å². The van der Waals surface area contributed by atoms with E-state index in [1.807, 2.05) is 4.90 Å². The average Bonchev–Trinajstić information content (AvgIpc) is 2.30. The van der Waals surface area contributed by atoms with Crippen molar-refractivity contribution in [2.75, 3.05) is 6.54 Å². The summed E-state index contributed by atoms with van der Waals surface area (Å²) >= 11 is 0. The number of carbonyl (C=O) groups excluding carboxylic acids is 1. The van der Waals surface area contributed by atoms with Gasteiger partial charge in [0.2, 0.25) is 5.91 Å². The molecule has 0 unspecified atom stereocenters. The highest BCUT2D eigenvalue weighted by molar-refractivity contribution is 5.73. The summed E-state index contributed by atoms with van der Waals surface area (Å²) in [7, 11) is 0. The van der Waals surface area contributed by atoms with E-state index in [4.69, 9.17) is 0 Å². The van der Waals surface area contributed by atoms with Crippen molar-refractivity contribution in [3.8, 4) is 0 Å². The van der Waals surface area contributed by atoms with Gasteiger partial charge in [0, 0.05) is 25.9 Å². The zero-order valence-electron chi connectivity index (χ0n) is 8.89. The summed E-state index contributed by atoms with van der Waals surface area (Å²) < 4.78 is 0. The van der Waals surface area contributed by atoms with Gasteiger partial charge in [-0.1, -0.05) is 0 Å². The summed E-state index contributed by atoms with van der Waals surface area (Å²) in [6.07, 6.45) is 8.35. The van der Waals surface area contributed by atoms with Crippen LogP contribution in [-0.2, 0) is 4.79 Å². The van der Waals surface area contributed by atoms with Crippen LogP contribution in [0, 0.1) is 0 Å². The number of carbonyl (C=O) groups is 1. The first-order chi connectivity index (χ1) is 7.29. The lowest BCUT2D eigenvalue weighted by Crippen LogP contribution is -2.37. The Bertz CT molecular complexity index is 339. The van der Waals surface area contributed by atoms with Crippen molar-refractivity contribution in [2.24, 2.45) is 0 Å². The van der Waals surface area contributed by atoms with Crippen LogP contribution in [0.5, 0.6) is 0 Å². The number of hydrogen-bond donors (Lipinski definition) is 0. The van der Waals surface area contributed by atoms with Crippen LogP contribution < -0.4 is 0 Å². The molecule has 0 radical (unpaired) electrons. The molecule has 0 saturated carbocycles. The molecule has 0 spiro atoms. The van der Waals surface area contributed by atoms with E-state index in [0.29, 0.717) is 0 Å². The van der Waals surface area contributed by atoms with E-state index in [9.17, 15) is 4.79 Å². The molecule has 4 heteroatoms. The highest BCUT2D eigenvalue weighted by atomic mass is 16.2. The summed E-state index contributed by atoms with van der Waals surface area (Å²) in [5.74, 6) is 0.130. The molecule has 15 heavy (non-hydrogen) atoms. The monoisotopic (exact) mass is 205 g/mol. The molecule has 4 nitrogen and oxygen atoms in total. The fourth-order valence-electron chi connectivity index (χ4n) is 2.10. The Hall–Kier alpha value is -1.45. The SMILES string of the molecule is CC(=O)N1CCCC[C@@H]1c1cnccn1. The molecule has 1 saturated heterocycles. The standard InChI is InChI=1S/C11H15N3O/c1-9(15)14-7-3-2-4-11(14)10-8-12-5-6-13-10/h5-6,8,11H,2-4,7H2,1H3/t11-/m1/s1. The van der Waals surface area contributed by atoms with E-state index in [1.54, 1.807) is 25.5 Å². The van der Waals surface area contributed by atoms with Crippen LogP contribution in [0.3, 0.4) is 0 Å². The number of hydrogen-bond acceptors (Lipinski definition) is 3. The predicted octanol–water partition coefficient (Wildman–Crippen LogP) is 1.55. The van der Waals surface area contributed by atoms with Gasteiger partial charge in [0.15, 0.2) is 0 Å². The maximum atomic E-state index is 11.5. The van der Waals surface area contributed by atoms with Crippen LogP contribution in [0.25, 0.3) is 0 Å². The van der Waals surface area contributed by atoms with Gasteiger partial charge in [-0.2, -0.15) is 0 Å². The molecule has 1 atom stereocenters. The first kappa shape index (κ1) is 10.1. The Morgan fingerprint density at radius 3 is 3.00 bits per heavy atom. The van der Waals surface area contributed by atoms with Gasteiger partial charge in [-0.25, -0.2) is 0 Å². The molecule has 0 aromatic carbocycles. The predicted molar refractivity (Wildman–Crippen MR) is 56.0 cm³/mol. The minimum atomic E-state index is 0.130. The molecule has 2 heterocycles. The maximum Gasteiger partial charge on any atom is 0.220 e. The lowest BCUT2D eigenvalue weighted by Gasteiger charge is -2.34. The molecule has 0 N–H and O–H groups in total. The number of piperidine rings is 1. The average molecular weight is 205 g/mol. The molecule has 1 amide bonds. The summed E-state index contributed by atoms with van der Waals surface area (Å²) in [6.45, 7) is 2.46. The number of nitrogens with zero attached hydrogens (tertiary/aromatic N) is 3. The van der Waals surface area contributed by atoms with E-state index in [0.717, 1.165) is 31.5 Å². The van der Waals surface area contributed by atoms with Gasteiger partial charge < -0.3 is 4.90 Å². The normalized spacial score (nSPS) is 21.4. The smallest absolute Gasteiger partial charge is 0.220 e. The second kappa shape index (κ2) is 4.38. The summed E-state index contributed by atoms with van der Waals surface area (Å²) in [5.41, 5.74) is 0.910. The number of rotatable bonds is 1. The van der Waals surface area contributed by atoms with Crippen molar-refractivity contribution in [3.05, 3.63) is 24.3 Å². The maximum absolute atomic E-state index is 11.5. The quantitative estimate of drug-likeness (QED) is 0.698. The Morgan fingerprint density at radius 2 is 2.33 bits per heavy atom. The molecular weight excluding hydrogens is 190 g/mol. The van der Waals surface area contributed by atoms with Gasteiger partial charge in [0.1, 0.15) is 0 Å². The Labute approximate surface area is 89.3 Å². The summed E-state index contributed by atoms with van der Waals surface area (Å²) in [4.78, 5) is 21.7. The Morgan fingerprint density at radius 1 is 1.47 bits per heavy atom. The van der Waals surface area contributed by atoms with Crippen LogP contribution in [-0.4, -0.2) is 27.3 Å². The van der Waals surface area contributed by atoms with Crippen LogP contribution in [0.2, 0.25) is 0 Å². The molecule has 0 aliphatic carbocycles. The van der Waals surface area contributed by atoms with Crippen molar-refractivity contribution in [1.82, 2.24) is 14.9 Å². The first-order valence-corrected chi connectivity index (χ1v) is 5.32. The molecule has 1 fully saturated rings. The van der Waals surface area contributed by atoms with E-state index in [1.165, 1.54) is 0 Å². The lowest BCUT2D eigenvalue weighted by atomic mass is 9.99. The number of likely N-dealkylation sites (tertiary alicyclic amines) is 1. The van der Waals surface area contributed by atoms with Crippen LogP contribution in [0.1, 0.15) is 37.9 Å². The highest BCUT2D eigenvalue weighted by Crippen LogP contribution is 2.28. The van der Waals surface area contributed by atoms with Gasteiger partial charge in [0.25, 0.3) is 0 Å². The summed E-state index contributed by atoms with van der Waals surface area (Å²) in [6, 6.07) is 0.130. The fraction of sp³-hybridized carbons (Fsp3) is 0.545. The zero-order chi connectivity index (χ0) is 10.7. The zero-order valence-corrected chi connectivity index (χ0v) is 8.89. The minimum Gasteiger partial charge on any atom is -0.334 e. The van der Waals surface area contributed by atoms with Crippen LogP contribution >= 0.6 is 0 Å². The summed E-state index contributed by atoms with van der Waals surface area (Å²) in [5, 5.41) is 0. The molecule has 1 aliphatic rings. The van der Waals surface area contributed by atoms with Crippen molar-refractivity contribution in [3.63, 3.8) is 0 Å². The van der Waals surface area contributed by atoms with Gasteiger partial charge in [0.05, 0.1) is 17.9 Å². The fourth-order valence-corrected chi connectivity index (χ4v) is 2.10. The Kier molecular flexibility index (Phi) is 2.94. The van der Waals surface area contributed by atoms with Gasteiger partial charge >= 0.3 is 0 Å². The van der Waals surface area contributed by atoms with Crippen molar-refractivity contribution in [2.45, 2.75) is 32.2 Å². The van der Waals surface area contributed by atoms with Gasteiger partial charge in [-0.3, -0.25) is 14.8 Å². The van der Waals surface area contributed by atoms with Crippen LogP contribution in [0.4, 0.5) is 0 Å². The molecule has 1 aliphatic heterocycles. The van der Waals surface area contributed by atoms with E-state index in [2.05, 4.69) is 9.97 Å². The molecule has 1 aromatic rings. The minimum absolute atomic E-state index is 0.130. The van der Waals surface area contributed by atoms with E-state index >= 15 is 0 Å². The topological polar surface area (TPSA) is 46.1 Å². The third-order valence-corrected chi connectivity index (χ3v) is 2.83. The number of aromatic nitrogens is 2. The van der Waals surface area contributed by atoms with E-state index in [-0.39, 0.29) is 11.9 Å². The highest BCUT2D eigenvalue weighted by Gasteiger charge is 2.26.